The minimum absolute atomic E-state index is 0.476. The number of hydrogen-bond donors (Lipinski definition) is 2. The zero-order valence-electron chi connectivity index (χ0n) is 12.1. The molecule has 0 spiro atoms. The third kappa shape index (κ3) is 3.69. The number of nitrogens with two attached hydrogens (primary N) is 1. The van der Waals surface area contributed by atoms with Gasteiger partial charge in [0, 0.05) is 17.3 Å². The molecule has 1 aliphatic rings. The van der Waals surface area contributed by atoms with Crippen LogP contribution in [0, 0.1) is 18.8 Å². The average Bonchev–Trinajstić information content (AvgIpc) is 2.26. The molecule has 0 amide bonds. The van der Waals surface area contributed by atoms with Crippen molar-refractivity contribution in [1.82, 2.24) is 0 Å². The minimum Gasteiger partial charge on any atom is -0.389 e. The van der Waals surface area contributed by atoms with E-state index in [1.54, 1.807) is 0 Å². The zero-order chi connectivity index (χ0) is 14.0. The highest BCUT2D eigenvalue weighted by Gasteiger charge is 2.23. The molecule has 0 aliphatic heterocycles. The van der Waals surface area contributed by atoms with Gasteiger partial charge < -0.3 is 11.1 Å². The van der Waals surface area contributed by atoms with Crippen LogP contribution in [0.1, 0.15) is 44.2 Å². The Bertz CT molecular complexity index is 460. The first kappa shape index (κ1) is 14.3. The molecule has 0 heterocycles. The number of anilines is 1. The molecule has 2 unspecified atom stereocenters. The maximum Gasteiger partial charge on any atom is 0.104 e. The Morgan fingerprint density at radius 1 is 1.21 bits per heavy atom. The zero-order valence-corrected chi connectivity index (χ0v) is 12.9. The molecule has 3 N–H and O–H groups in total. The van der Waals surface area contributed by atoms with Crippen LogP contribution in [0.2, 0.25) is 0 Å². The van der Waals surface area contributed by atoms with Crippen molar-refractivity contribution in [3.05, 3.63) is 29.3 Å². The van der Waals surface area contributed by atoms with Gasteiger partial charge in [-0.1, -0.05) is 26.1 Å². The molecule has 1 aromatic carbocycles. The summed E-state index contributed by atoms with van der Waals surface area (Å²) in [5.41, 5.74) is 9.01. The maximum absolute atomic E-state index is 5.70. The van der Waals surface area contributed by atoms with Crippen LogP contribution >= 0.6 is 12.2 Å². The highest BCUT2D eigenvalue weighted by atomic mass is 32.1. The average molecular weight is 276 g/mol. The summed E-state index contributed by atoms with van der Waals surface area (Å²) in [6.45, 7) is 6.77. The van der Waals surface area contributed by atoms with Crippen molar-refractivity contribution in [2.24, 2.45) is 17.6 Å². The van der Waals surface area contributed by atoms with Crippen LogP contribution in [-0.4, -0.2) is 11.0 Å². The van der Waals surface area contributed by atoms with Crippen LogP contribution in [0.3, 0.4) is 0 Å². The lowest BCUT2D eigenvalue weighted by Crippen LogP contribution is -2.30. The Kier molecular flexibility index (Phi) is 4.46. The predicted octanol–water partition coefficient (Wildman–Crippen LogP) is 3.87. The molecule has 0 saturated heterocycles. The molecule has 2 atom stereocenters. The van der Waals surface area contributed by atoms with Crippen LogP contribution < -0.4 is 11.1 Å². The highest BCUT2D eigenvalue weighted by Crippen LogP contribution is 2.30. The van der Waals surface area contributed by atoms with Gasteiger partial charge in [0.25, 0.3) is 0 Å². The van der Waals surface area contributed by atoms with Crippen molar-refractivity contribution in [1.29, 1.82) is 0 Å². The van der Waals surface area contributed by atoms with E-state index in [0.29, 0.717) is 11.0 Å². The molecule has 1 aromatic rings. The first-order chi connectivity index (χ1) is 8.95. The molecule has 0 bridgehead atoms. The monoisotopic (exact) mass is 276 g/mol. The largest absolute Gasteiger partial charge is 0.389 e. The van der Waals surface area contributed by atoms with E-state index < -0.39 is 0 Å². The number of hydrogen-bond acceptors (Lipinski definition) is 2. The molecule has 1 aliphatic carbocycles. The summed E-state index contributed by atoms with van der Waals surface area (Å²) >= 11 is 5.04. The van der Waals surface area contributed by atoms with Crippen molar-refractivity contribution in [2.45, 2.75) is 46.1 Å². The van der Waals surface area contributed by atoms with Gasteiger partial charge in [0.15, 0.2) is 0 Å². The summed E-state index contributed by atoms with van der Waals surface area (Å²) in [6, 6.07) is 6.85. The molecule has 19 heavy (non-hydrogen) atoms. The summed E-state index contributed by atoms with van der Waals surface area (Å²) in [6.07, 6.45) is 3.89. The van der Waals surface area contributed by atoms with Crippen molar-refractivity contribution in [3.63, 3.8) is 0 Å². The fraction of sp³-hybridized carbons (Fsp3) is 0.562. The summed E-state index contributed by atoms with van der Waals surface area (Å²) in [5.74, 6) is 1.64. The third-order valence-corrected chi connectivity index (χ3v) is 4.26. The number of rotatable bonds is 3. The summed E-state index contributed by atoms with van der Waals surface area (Å²) < 4.78 is 0. The van der Waals surface area contributed by atoms with Crippen LogP contribution in [0.4, 0.5) is 5.69 Å². The summed E-state index contributed by atoms with van der Waals surface area (Å²) in [5, 5.41) is 3.66. The number of nitrogens with one attached hydrogen (secondary N) is 1. The predicted molar refractivity (Wildman–Crippen MR) is 86.7 cm³/mol. The first-order valence-electron chi connectivity index (χ1n) is 7.12. The van der Waals surface area contributed by atoms with Crippen molar-refractivity contribution in [3.8, 4) is 0 Å². The number of aryl methyl sites for hydroxylation is 1. The van der Waals surface area contributed by atoms with Gasteiger partial charge in [0.1, 0.15) is 4.99 Å². The third-order valence-electron chi connectivity index (χ3n) is 4.04. The van der Waals surface area contributed by atoms with E-state index in [4.69, 9.17) is 18.0 Å². The van der Waals surface area contributed by atoms with Crippen LogP contribution in [0.5, 0.6) is 0 Å². The van der Waals surface area contributed by atoms with E-state index in [9.17, 15) is 0 Å². The second kappa shape index (κ2) is 5.91. The van der Waals surface area contributed by atoms with Crippen LogP contribution in [0.15, 0.2) is 18.2 Å². The van der Waals surface area contributed by atoms with Gasteiger partial charge in [-0.2, -0.15) is 0 Å². The Morgan fingerprint density at radius 2 is 1.84 bits per heavy atom. The maximum atomic E-state index is 5.70. The van der Waals surface area contributed by atoms with Crippen molar-refractivity contribution < 1.29 is 0 Å². The van der Waals surface area contributed by atoms with E-state index in [0.717, 1.165) is 23.0 Å². The number of thiocarbonyl (C=S) groups is 1. The normalized spacial score (nSPS) is 27.0. The van der Waals surface area contributed by atoms with Crippen LogP contribution in [0.25, 0.3) is 0 Å². The van der Waals surface area contributed by atoms with Gasteiger partial charge in [-0.25, -0.2) is 0 Å². The second-order valence-corrected chi connectivity index (χ2v) is 6.59. The molecule has 1 fully saturated rings. The number of benzene rings is 1. The lowest BCUT2D eigenvalue weighted by Gasteiger charge is -2.32. The Labute approximate surface area is 121 Å². The van der Waals surface area contributed by atoms with Crippen LogP contribution in [-0.2, 0) is 0 Å². The van der Waals surface area contributed by atoms with Gasteiger partial charge in [0.05, 0.1) is 0 Å². The highest BCUT2D eigenvalue weighted by molar-refractivity contribution is 7.80. The van der Waals surface area contributed by atoms with Gasteiger partial charge in [-0.05, 0) is 61.8 Å². The molecule has 2 nitrogen and oxygen atoms in total. The topological polar surface area (TPSA) is 38.0 Å². The second-order valence-electron chi connectivity index (χ2n) is 6.15. The van der Waals surface area contributed by atoms with Gasteiger partial charge >= 0.3 is 0 Å². The van der Waals surface area contributed by atoms with Crippen molar-refractivity contribution >= 4 is 22.9 Å². The molecule has 0 aromatic heterocycles. The smallest absolute Gasteiger partial charge is 0.104 e. The Morgan fingerprint density at radius 3 is 2.37 bits per heavy atom. The molecular formula is C16H24N2S. The Balaban J connectivity index is 2.07. The quantitative estimate of drug-likeness (QED) is 0.823. The standard InChI is InChI=1S/C16H24N2S/c1-10-6-11(2)8-14(7-10)18-13-4-5-15(16(17)19)12(3)9-13/h4-5,9-11,14,18H,6-8H2,1-3H3,(H2,17,19). The van der Waals surface area contributed by atoms with Gasteiger partial charge in [-0.3, -0.25) is 0 Å². The van der Waals surface area contributed by atoms with E-state index in [1.165, 1.54) is 24.9 Å². The molecule has 2 rings (SSSR count). The first-order valence-corrected chi connectivity index (χ1v) is 7.53. The SMILES string of the molecule is Cc1cc(NC2CC(C)CC(C)C2)ccc1C(N)=S. The summed E-state index contributed by atoms with van der Waals surface area (Å²) in [4.78, 5) is 0.476. The van der Waals surface area contributed by atoms with E-state index in [2.05, 4.69) is 38.2 Å². The summed E-state index contributed by atoms with van der Waals surface area (Å²) in [7, 11) is 0. The lowest BCUT2D eigenvalue weighted by atomic mass is 9.80. The molecule has 1 saturated carbocycles. The fourth-order valence-electron chi connectivity index (χ4n) is 3.33. The Hall–Kier alpha value is -1.09. The molecule has 0 radical (unpaired) electrons. The van der Waals surface area contributed by atoms with E-state index in [1.807, 2.05) is 6.07 Å². The van der Waals surface area contributed by atoms with Gasteiger partial charge in [-0.15, -0.1) is 0 Å². The van der Waals surface area contributed by atoms with Gasteiger partial charge in [0.2, 0.25) is 0 Å². The lowest BCUT2D eigenvalue weighted by molar-refractivity contribution is 0.281. The minimum atomic E-state index is 0.476. The molecular weight excluding hydrogens is 252 g/mol. The molecule has 104 valence electrons. The van der Waals surface area contributed by atoms with Crippen molar-refractivity contribution in [2.75, 3.05) is 5.32 Å². The molecule has 3 heteroatoms. The van der Waals surface area contributed by atoms with E-state index in [-0.39, 0.29) is 0 Å². The fourth-order valence-corrected chi connectivity index (χ4v) is 3.56. The van der Waals surface area contributed by atoms with E-state index >= 15 is 0 Å².